The van der Waals surface area contributed by atoms with E-state index in [9.17, 15) is 4.79 Å². The number of aromatic nitrogens is 4. The van der Waals surface area contributed by atoms with E-state index < -0.39 is 0 Å². The molecular formula is C16H12N4O3S. The highest BCUT2D eigenvalue weighted by atomic mass is 32.2. The fourth-order valence-corrected chi connectivity index (χ4v) is 3.00. The largest absolute Gasteiger partial charge is 0.459 e. The first-order valence-corrected chi connectivity index (χ1v) is 8.18. The average molecular weight is 340 g/mol. The summed E-state index contributed by atoms with van der Waals surface area (Å²) in [6.07, 6.45) is 1.54. The molecule has 0 fully saturated rings. The van der Waals surface area contributed by atoms with Crippen LogP contribution in [0.3, 0.4) is 0 Å². The van der Waals surface area contributed by atoms with Crippen LogP contribution in [0.25, 0.3) is 17.3 Å². The number of nitrogens with zero attached hydrogens (tertiary/aromatic N) is 4. The smallest absolute Gasteiger partial charge is 0.284 e. The van der Waals surface area contributed by atoms with Gasteiger partial charge >= 0.3 is 0 Å². The molecule has 0 aliphatic carbocycles. The second-order valence-corrected chi connectivity index (χ2v) is 6.01. The molecule has 0 radical (unpaired) electrons. The molecule has 4 rings (SSSR count). The van der Waals surface area contributed by atoms with E-state index >= 15 is 0 Å². The molecule has 0 saturated heterocycles. The van der Waals surface area contributed by atoms with Crippen LogP contribution in [0.15, 0.2) is 61.5 Å². The van der Waals surface area contributed by atoms with E-state index in [0.717, 1.165) is 5.69 Å². The molecule has 0 atom stereocenters. The Kier molecular flexibility index (Phi) is 3.66. The van der Waals surface area contributed by atoms with E-state index in [0.29, 0.717) is 34.0 Å². The van der Waals surface area contributed by atoms with Crippen molar-refractivity contribution in [3.63, 3.8) is 0 Å². The number of thioether (sulfide) groups is 1. The highest BCUT2D eigenvalue weighted by Crippen LogP contribution is 2.25. The van der Waals surface area contributed by atoms with Crippen LogP contribution in [-0.2, 0) is 5.75 Å². The minimum absolute atomic E-state index is 0.101. The SMILES string of the molecule is Cc1cccc2nc(CSc3nnc(-c4ccco4)o3)cc(=O)n12. The highest BCUT2D eigenvalue weighted by molar-refractivity contribution is 7.98. The van der Waals surface area contributed by atoms with Crippen molar-refractivity contribution in [2.45, 2.75) is 17.9 Å². The lowest BCUT2D eigenvalue weighted by Gasteiger charge is -2.05. The Balaban J connectivity index is 1.56. The maximum atomic E-state index is 12.2. The van der Waals surface area contributed by atoms with Crippen LogP contribution in [0, 0.1) is 6.92 Å². The molecule has 4 aromatic rings. The number of aryl methyl sites for hydroxylation is 1. The van der Waals surface area contributed by atoms with E-state index in [1.807, 2.05) is 25.1 Å². The summed E-state index contributed by atoms with van der Waals surface area (Å²) in [5.41, 5.74) is 2.04. The van der Waals surface area contributed by atoms with Gasteiger partial charge in [-0.1, -0.05) is 17.8 Å². The van der Waals surface area contributed by atoms with Gasteiger partial charge in [0.2, 0.25) is 0 Å². The van der Waals surface area contributed by atoms with Gasteiger partial charge in [0.15, 0.2) is 5.76 Å². The summed E-state index contributed by atoms with van der Waals surface area (Å²) < 4.78 is 12.3. The van der Waals surface area contributed by atoms with Gasteiger partial charge in [0.05, 0.1) is 12.0 Å². The Hall–Kier alpha value is -2.87. The maximum absolute atomic E-state index is 12.2. The second kappa shape index (κ2) is 5.97. The standard InChI is InChI=1S/C16H12N4O3S/c1-10-4-2-6-13-17-11(8-14(21)20(10)13)9-24-16-19-18-15(23-16)12-5-3-7-22-12/h2-8H,9H2,1H3. The van der Waals surface area contributed by atoms with Crippen LogP contribution in [0.4, 0.5) is 0 Å². The molecule has 0 saturated carbocycles. The van der Waals surface area contributed by atoms with Crippen molar-refractivity contribution in [1.82, 2.24) is 19.6 Å². The number of hydrogen-bond donors (Lipinski definition) is 0. The van der Waals surface area contributed by atoms with E-state index in [-0.39, 0.29) is 5.56 Å². The lowest BCUT2D eigenvalue weighted by Crippen LogP contribution is -2.17. The zero-order valence-corrected chi connectivity index (χ0v) is 13.5. The van der Waals surface area contributed by atoms with Gasteiger partial charge in [-0.3, -0.25) is 9.20 Å². The quantitative estimate of drug-likeness (QED) is 0.528. The molecule has 0 N–H and O–H groups in total. The predicted octanol–water partition coefficient (Wildman–Crippen LogP) is 2.94. The fourth-order valence-electron chi connectivity index (χ4n) is 2.34. The normalized spacial score (nSPS) is 11.2. The van der Waals surface area contributed by atoms with E-state index in [2.05, 4.69) is 15.2 Å². The van der Waals surface area contributed by atoms with Crippen LogP contribution in [0.5, 0.6) is 0 Å². The summed E-state index contributed by atoms with van der Waals surface area (Å²) in [6, 6.07) is 10.6. The summed E-state index contributed by atoms with van der Waals surface area (Å²) in [4.78, 5) is 16.7. The van der Waals surface area contributed by atoms with Crippen LogP contribution < -0.4 is 5.56 Å². The summed E-state index contributed by atoms with van der Waals surface area (Å²) in [6.45, 7) is 1.87. The number of hydrogen-bond acceptors (Lipinski definition) is 7. The zero-order valence-electron chi connectivity index (χ0n) is 12.7. The van der Waals surface area contributed by atoms with Crippen molar-refractivity contribution in [1.29, 1.82) is 0 Å². The number of furan rings is 1. The monoisotopic (exact) mass is 340 g/mol. The van der Waals surface area contributed by atoms with Crippen LogP contribution in [0.1, 0.15) is 11.4 Å². The molecule has 0 aliphatic heterocycles. The van der Waals surface area contributed by atoms with Gasteiger partial charge in [-0.15, -0.1) is 10.2 Å². The first kappa shape index (κ1) is 14.7. The molecule has 7 nitrogen and oxygen atoms in total. The number of rotatable bonds is 4. The molecule has 0 amide bonds. The minimum atomic E-state index is -0.101. The molecule has 0 bridgehead atoms. The summed E-state index contributed by atoms with van der Waals surface area (Å²) in [5.74, 6) is 1.30. The van der Waals surface area contributed by atoms with Gasteiger partial charge in [-0.05, 0) is 31.2 Å². The van der Waals surface area contributed by atoms with Gasteiger partial charge in [-0.2, -0.15) is 0 Å². The summed E-state index contributed by atoms with van der Waals surface area (Å²) in [5, 5.41) is 8.29. The molecule has 8 heteroatoms. The van der Waals surface area contributed by atoms with Gasteiger partial charge in [0, 0.05) is 17.5 Å². The maximum Gasteiger partial charge on any atom is 0.284 e. The first-order valence-electron chi connectivity index (χ1n) is 7.19. The molecule has 0 aliphatic rings. The third kappa shape index (κ3) is 2.71. The van der Waals surface area contributed by atoms with Gasteiger partial charge < -0.3 is 8.83 Å². The molecule has 24 heavy (non-hydrogen) atoms. The first-order chi connectivity index (χ1) is 11.7. The summed E-state index contributed by atoms with van der Waals surface area (Å²) >= 11 is 1.32. The van der Waals surface area contributed by atoms with E-state index in [1.54, 1.807) is 22.8 Å². The Morgan fingerprint density at radius 1 is 1.21 bits per heavy atom. The average Bonchev–Trinajstić information content (AvgIpc) is 3.24. The van der Waals surface area contributed by atoms with Gasteiger partial charge in [0.25, 0.3) is 16.7 Å². The van der Waals surface area contributed by atoms with Crippen molar-refractivity contribution in [3.8, 4) is 11.7 Å². The lowest BCUT2D eigenvalue weighted by atomic mass is 10.3. The zero-order chi connectivity index (χ0) is 16.5. The summed E-state index contributed by atoms with van der Waals surface area (Å²) in [7, 11) is 0. The minimum Gasteiger partial charge on any atom is -0.459 e. The van der Waals surface area contributed by atoms with Crippen molar-refractivity contribution in [3.05, 3.63) is 64.4 Å². The van der Waals surface area contributed by atoms with Crippen LogP contribution in [-0.4, -0.2) is 19.6 Å². The highest BCUT2D eigenvalue weighted by Gasteiger charge is 2.12. The third-order valence-electron chi connectivity index (χ3n) is 3.42. The Morgan fingerprint density at radius 2 is 2.12 bits per heavy atom. The Morgan fingerprint density at radius 3 is 2.96 bits per heavy atom. The molecule has 120 valence electrons. The van der Waals surface area contributed by atoms with E-state index in [4.69, 9.17) is 8.83 Å². The number of fused-ring (bicyclic) bond motifs is 1. The molecule has 0 unspecified atom stereocenters. The van der Waals surface area contributed by atoms with Crippen molar-refractivity contribution >= 4 is 17.4 Å². The van der Waals surface area contributed by atoms with Crippen LogP contribution in [0.2, 0.25) is 0 Å². The van der Waals surface area contributed by atoms with Crippen LogP contribution >= 0.6 is 11.8 Å². The number of pyridine rings is 1. The molecule has 4 heterocycles. The lowest BCUT2D eigenvalue weighted by molar-refractivity contribution is 0.447. The van der Waals surface area contributed by atoms with Crippen molar-refractivity contribution in [2.24, 2.45) is 0 Å². The van der Waals surface area contributed by atoms with Crippen molar-refractivity contribution in [2.75, 3.05) is 0 Å². The fraction of sp³-hybridized carbons (Fsp3) is 0.125. The van der Waals surface area contributed by atoms with Gasteiger partial charge in [0.1, 0.15) is 5.65 Å². The molecule has 0 aromatic carbocycles. The predicted molar refractivity (Wildman–Crippen MR) is 87.8 cm³/mol. The topological polar surface area (TPSA) is 86.4 Å². The second-order valence-electron chi connectivity index (χ2n) is 5.09. The van der Waals surface area contributed by atoms with E-state index in [1.165, 1.54) is 17.8 Å². The molecule has 4 aromatic heterocycles. The molecular weight excluding hydrogens is 328 g/mol. The van der Waals surface area contributed by atoms with Gasteiger partial charge in [-0.25, -0.2) is 4.98 Å². The Bertz CT molecular complexity index is 1050. The Labute approximate surface area is 140 Å². The third-order valence-corrected chi connectivity index (χ3v) is 4.27. The van der Waals surface area contributed by atoms with Crippen molar-refractivity contribution < 1.29 is 8.83 Å². The molecule has 0 spiro atoms.